The van der Waals surface area contributed by atoms with Crippen molar-refractivity contribution < 1.29 is 19.8 Å². The summed E-state index contributed by atoms with van der Waals surface area (Å²) in [6.45, 7) is 8.59. The molecule has 0 spiro atoms. The Labute approximate surface area is 84.9 Å². The van der Waals surface area contributed by atoms with E-state index in [2.05, 4.69) is 0 Å². The minimum atomic E-state index is -1.14. The lowest BCUT2D eigenvalue weighted by molar-refractivity contribution is -0.132. The van der Waals surface area contributed by atoms with Gasteiger partial charge in [0.15, 0.2) is 11.6 Å². The molecule has 4 heteroatoms. The van der Waals surface area contributed by atoms with Crippen LogP contribution in [-0.2, 0) is 9.59 Å². The molecule has 0 bridgehead atoms. The van der Waals surface area contributed by atoms with Gasteiger partial charge in [-0.1, -0.05) is 0 Å². The quantitative estimate of drug-likeness (QED) is 0.694. The molecule has 0 aliphatic rings. The topological polar surface area (TPSA) is 74.6 Å². The fraction of sp³-hybridized carbons (Fsp3) is 0.800. The molecule has 0 heterocycles. The molecule has 0 aliphatic heterocycles. The molecule has 0 unspecified atom stereocenters. The second-order valence-electron chi connectivity index (χ2n) is 4.23. The van der Waals surface area contributed by atoms with Crippen LogP contribution in [0.25, 0.3) is 0 Å². The summed E-state index contributed by atoms with van der Waals surface area (Å²) in [7, 11) is 0. The number of hydrogen-bond acceptors (Lipinski definition) is 4. The van der Waals surface area contributed by atoms with Crippen molar-refractivity contribution in [1.29, 1.82) is 0 Å². The number of carbonyl (C=O) groups excluding carboxylic acids is 2. The van der Waals surface area contributed by atoms with Crippen LogP contribution in [0.5, 0.6) is 0 Å². The maximum absolute atomic E-state index is 10.2. The average Bonchev–Trinajstić information content (AvgIpc) is 1.83. The van der Waals surface area contributed by atoms with Crippen molar-refractivity contribution in [3.63, 3.8) is 0 Å². The van der Waals surface area contributed by atoms with Gasteiger partial charge in [-0.2, -0.15) is 0 Å². The van der Waals surface area contributed by atoms with E-state index in [1.54, 1.807) is 0 Å². The zero-order valence-electron chi connectivity index (χ0n) is 9.71. The van der Waals surface area contributed by atoms with Crippen molar-refractivity contribution in [2.45, 2.75) is 52.7 Å². The molecule has 0 amide bonds. The zero-order valence-corrected chi connectivity index (χ0v) is 9.71. The van der Waals surface area contributed by atoms with Gasteiger partial charge in [-0.05, 0) is 41.5 Å². The lowest BCUT2D eigenvalue weighted by Gasteiger charge is -2.10. The van der Waals surface area contributed by atoms with Crippen molar-refractivity contribution in [2.75, 3.05) is 0 Å². The molecule has 84 valence electrons. The van der Waals surface area contributed by atoms with E-state index < -0.39 is 11.2 Å². The third-order valence-corrected chi connectivity index (χ3v) is 1.72. The van der Waals surface area contributed by atoms with Crippen molar-refractivity contribution in [2.24, 2.45) is 0 Å². The van der Waals surface area contributed by atoms with Crippen LogP contribution in [0, 0.1) is 0 Å². The SMILES string of the molecule is CC(=O)C(C)(C)O.CC(=O)C(C)(C)O. The number of aliphatic hydroxyl groups is 2. The molecule has 4 nitrogen and oxygen atoms in total. The van der Waals surface area contributed by atoms with Gasteiger partial charge < -0.3 is 10.2 Å². The Bertz CT molecular complexity index is 181. The molecule has 0 aromatic rings. The molecule has 0 atom stereocenters. The van der Waals surface area contributed by atoms with Crippen molar-refractivity contribution in [3.8, 4) is 0 Å². The molecule has 14 heavy (non-hydrogen) atoms. The standard InChI is InChI=1S/2C5H10O2/c2*1-4(6)5(2,3)7/h2*7H,1-3H3. The normalized spacial score (nSPS) is 11.4. The Morgan fingerprint density at radius 3 is 0.857 bits per heavy atom. The van der Waals surface area contributed by atoms with Gasteiger partial charge in [-0.15, -0.1) is 0 Å². The van der Waals surface area contributed by atoms with Crippen LogP contribution in [0.4, 0.5) is 0 Å². The van der Waals surface area contributed by atoms with E-state index in [1.165, 1.54) is 41.5 Å². The lowest BCUT2D eigenvalue weighted by Crippen LogP contribution is -2.27. The summed E-state index contributed by atoms with van der Waals surface area (Å²) >= 11 is 0. The van der Waals surface area contributed by atoms with Crippen LogP contribution in [0.2, 0.25) is 0 Å². The largest absolute Gasteiger partial charge is 0.383 e. The van der Waals surface area contributed by atoms with Gasteiger partial charge in [0, 0.05) is 0 Å². The van der Waals surface area contributed by atoms with E-state index in [0.29, 0.717) is 0 Å². The number of Topliss-reactive ketones (excluding diaryl/α,β-unsaturated/α-hetero) is 2. The van der Waals surface area contributed by atoms with Crippen LogP contribution in [-0.4, -0.2) is 33.0 Å². The molecule has 0 rings (SSSR count). The van der Waals surface area contributed by atoms with Gasteiger partial charge in [0.2, 0.25) is 0 Å². The first kappa shape index (κ1) is 15.7. The van der Waals surface area contributed by atoms with Crippen LogP contribution in [0.15, 0.2) is 0 Å². The molecule has 2 N–H and O–H groups in total. The molecule has 0 fully saturated rings. The Hall–Kier alpha value is -0.740. The van der Waals surface area contributed by atoms with E-state index in [1.807, 2.05) is 0 Å². The summed E-state index contributed by atoms with van der Waals surface area (Å²) in [6.07, 6.45) is 0. The van der Waals surface area contributed by atoms with Crippen molar-refractivity contribution in [3.05, 3.63) is 0 Å². The van der Waals surface area contributed by atoms with E-state index >= 15 is 0 Å². The highest BCUT2D eigenvalue weighted by molar-refractivity contribution is 5.83. The highest BCUT2D eigenvalue weighted by Crippen LogP contribution is 2.00. The Kier molecular flexibility index (Phi) is 5.86. The van der Waals surface area contributed by atoms with Gasteiger partial charge in [0.1, 0.15) is 11.2 Å². The molecule has 0 aliphatic carbocycles. The maximum atomic E-state index is 10.2. The first-order chi connectivity index (χ1) is 5.89. The van der Waals surface area contributed by atoms with Crippen LogP contribution >= 0.6 is 0 Å². The second kappa shape index (κ2) is 5.22. The summed E-state index contributed by atoms with van der Waals surface area (Å²) < 4.78 is 0. The van der Waals surface area contributed by atoms with E-state index in [4.69, 9.17) is 10.2 Å². The van der Waals surface area contributed by atoms with Gasteiger partial charge in [0.25, 0.3) is 0 Å². The fourth-order valence-electron chi connectivity index (χ4n) is 0. The maximum Gasteiger partial charge on any atom is 0.160 e. The third-order valence-electron chi connectivity index (χ3n) is 1.72. The van der Waals surface area contributed by atoms with Crippen molar-refractivity contribution >= 4 is 11.6 Å². The highest BCUT2D eigenvalue weighted by Gasteiger charge is 2.17. The predicted molar refractivity (Wildman–Crippen MR) is 54.0 cm³/mol. The monoisotopic (exact) mass is 204 g/mol. The molecular weight excluding hydrogens is 184 g/mol. The third kappa shape index (κ3) is 9.35. The number of carbonyl (C=O) groups is 2. The van der Waals surface area contributed by atoms with Gasteiger partial charge in [-0.3, -0.25) is 9.59 Å². The lowest BCUT2D eigenvalue weighted by atomic mass is 10.1. The van der Waals surface area contributed by atoms with E-state index in [-0.39, 0.29) is 11.6 Å². The summed E-state index contributed by atoms with van der Waals surface area (Å²) in [4.78, 5) is 20.4. The van der Waals surface area contributed by atoms with E-state index in [0.717, 1.165) is 0 Å². The van der Waals surface area contributed by atoms with Crippen molar-refractivity contribution in [1.82, 2.24) is 0 Å². The molecule has 0 aromatic heterocycles. The Balaban J connectivity index is 0. The fourth-order valence-corrected chi connectivity index (χ4v) is 0. The predicted octanol–water partition coefficient (Wildman–Crippen LogP) is 0.693. The first-order valence-electron chi connectivity index (χ1n) is 4.36. The minimum absolute atomic E-state index is 0.201. The second-order valence-corrected chi connectivity index (χ2v) is 4.23. The minimum Gasteiger partial charge on any atom is -0.383 e. The summed E-state index contributed by atoms with van der Waals surface area (Å²) in [5, 5.41) is 17.5. The number of rotatable bonds is 2. The number of ketones is 2. The molecule has 0 saturated heterocycles. The molecule has 0 saturated carbocycles. The summed E-state index contributed by atoms with van der Waals surface area (Å²) in [5.74, 6) is -0.403. The molecule has 0 radical (unpaired) electrons. The molecule has 0 aromatic carbocycles. The smallest absolute Gasteiger partial charge is 0.160 e. The highest BCUT2D eigenvalue weighted by atomic mass is 16.3. The van der Waals surface area contributed by atoms with Crippen LogP contribution in [0.3, 0.4) is 0 Å². The Morgan fingerprint density at radius 2 is 0.857 bits per heavy atom. The van der Waals surface area contributed by atoms with Crippen LogP contribution in [0.1, 0.15) is 41.5 Å². The molecular formula is C10H20O4. The Morgan fingerprint density at radius 1 is 0.786 bits per heavy atom. The van der Waals surface area contributed by atoms with E-state index in [9.17, 15) is 9.59 Å². The first-order valence-corrected chi connectivity index (χ1v) is 4.36. The van der Waals surface area contributed by atoms with Gasteiger partial charge in [0.05, 0.1) is 0 Å². The number of hydrogen-bond donors (Lipinski definition) is 2. The van der Waals surface area contributed by atoms with Gasteiger partial charge >= 0.3 is 0 Å². The average molecular weight is 204 g/mol. The zero-order chi connectivity index (χ0) is 12.2. The summed E-state index contributed by atoms with van der Waals surface area (Å²) in [6, 6.07) is 0. The summed E-state index contributed by atoms with van der Waals surface area (Å²) in [5.41, 5.74) is -2.28. The van der Waals surface area contributed by atoms with Crippen LogP contribution < -0.4 is 0 Å². The van der Waals surface area contributed by atoms with Gasteiger partial charge in [-0.25, -0.2) is 0 Å².